The molecule has 0 aliphatic carbocycles. The first-order valence-corrected chi connectivity index (χ1v) is 6.13. The molecule has 2 heterocycles. The summed E-state index contributed by atoms with van der Waals surface area (Å²) >= 11 is 0. The van der Waals surface area contributed by atoms with Crippen LogP contribution < -0.4 is 5.32 Å². The molecule has 4 nitrogen and oxygen atoms in total. The first-order valence-electron chi connectivity index (χ1n) is 6.13. The molecule has 0 saturated carbocycles. The van der Waals surface area contributed by atoms with Gasteiger partial charge >= 0.3 is 0 Å². The van der Waals surface area contributed by atoms with Crippen molar-refractivity contribution in [1.82, 2.24) is 19.8 Å². The molecule has 1 atom stereocenters. The maximum Gasteiger partial charge on any atom is 0.0948 e. The summed E-state index contributed by atoms with van der Waals surface area (Å²) in [6.45, 7) is 4.39. The molecule has 16 heavy (non-hydrogen) atoms. The quantitative estimate of drug-likeness (QED) is 0.822. The Morgan fingerprint density at radius 2 is 2.44 bits per heavy atom. The van der Waals surface area contributed by atoms with Gasteiger partial charge in [-0.2, -0.15) is 0 Å². The van der Waals surface area contributed by atoms with E-state index in [0.717, 1.165) is 19.6 Å². The zero-order chi connectivity index (χ0) is 11.4. The molecule has 1 N–H and O–H groups in total. The zero-order valence-electron chi connectivity index (χ0n) is 10.3. The number of piperidine rings is 1. The van der Waals surface area contributed by atoms with E-state index in [0.29, 0.717) is 5.92 Å². The van der Waals surface area contributed by atoms with E-state index in [9.17, 15) is 0 Å². The Bertz CT molecular complexity index is 313. The average Bonchev–Trinajstić information content (AvgIpc) is 2.75. The Morgan fingerprint density at radius 1 is 1.56 bits per heavy atom. The number of hydrogen-bond acceptors (Lipinski definition) is 3. The minimum Gasteiger partial charge on any atom is -0.333 e. The van der Waals surface area contributed by atoms with Gasteiger partial charge in [-0.1, -0.05) is 0 Å². The number of aromatic nitrogens is 2. The SMILES string of the molecule is CN(C)CCn1cncc1C1CCCNC1. The molecule has 4 heteroatoms. The molecule has 1 aliphatic rings. The molecule has 1 aromatic heterocycles. The van der Waals surface area contributed by atoms with Gasteiger partial charge in [-0.15, -0.1) is 0 Å². The molecule has 90 valence electrons. The summed E-state index contributed by atoms with van der Waals surface area (Å²) in [5.41, 5.74) is 1.40. The van der Waals surface area contributed by atoms with E-state index in [1.54, 1.807) is 0 Å². The highest BCUT2D eigenvalue weighted by Gasteiger charge is 2.18. The third-order valence-electron chi connectivity index (χ3n) is 3.25. The van der Waals surface area contributed by atoms with Crippen molar-refractivity contribution in [2.45, 2.75) is 25.3 Å². The van der Waals surface area contributed by atoms with Crippen molar-refractivity contribution in [2.24, 2.45) is 0 Å². The van der Waals surface area contributed by atoms with Gasteiger partial charge in [0.1, 0.15) is 0 Å². The molecule has 0 radical (unpaired) electrons. The van der Waals surface area contributed by atoms with Crippen LogP contribution in [0.5, 0.6) is 0 Å². The van der Waals surface area contributed by atoms with Gasteiger partial charge in [0.25, 0.3) is 0 Å². The first-order chi connectivity index (χ1) is 7.77. The molecule has 0 amide bonds. The summed E-state index contributed by atoms with van der Waals surface area (Å²) in [5.74, 6) is 0.651. The van der Waals surface area contributed by atoms with E-state index in [1.165, 1.54) is 25.1 Å². The van der Waals surface area contributed by atoms with E-state index in [2.05, 4.69) is 33.9 Å². The van der Waals surface area contributed by atoms with Gasteiger partial charge < -0.3 is 14.8 Å². The van der Waals surface area contributed by atoms with E-state index < -0.39 is 0 Å². The van der Waals surface area contributed by atoms with Gasteiger partial charge in [0, 0.05) is 37.4 Å². The largest absolute Gasteiger partial charge is 0.333 e. The summed E-state index contributed by atoms with van der Waals surface area (Å²) < 4.78 is 2.30. The summed E-state index contributed by atoms with van der Waals surface area (Å²) in [5, 5.41) is 3.46. The topological polar surface area (TPSA) is 33.1 Å². The smallest absolute Gasteiger partial charge is 0.0948 e. The monoisotopic (exact) mass is 222 g/mol. The lowest BCUT2D eigenvalue weighted by atomic mass is 9.96. The van der Waals surface area contributed by atoms with Crippen LogP contribution >= 0.6 is 0 Å². The molecule has 0 bridgehead atoms. The minimum absolute atomic E-state index is 0.651. The molecule has 1 aromatic rings. The molecule has 2 rings (SSSR count). The van der Waals surface area contributed by atoms with Gasteiger partial charge in [0.05, 0.1) is 6.33 Å². The molecule has 1 aliphatic heterocycles. The van der Waals surface area contributed by atoms with Crippen molar-refractivity contribution >= 4 is 0 Å². The van der Waals surface area contributed by atoms with Crippen LogP contribution in [0.25, 0.3) is 0 Å². The predicted molar refractivity (Wildman–Crippen MR) is 65.6 cm³/mol. The Morgan fingerprint density at radius 3 is 3.12 bits per heavy atom. The van der Waals surface area contributed by atoms with Crippen LogP contribution in [0.1, 0.15) is 24.5 Å². The van der Waals surface area contributed by atoms with Crippen LogP contribution in [0.15, 0.2) is 12.5 Å². The van der Waals surface area contributed by atoms with Crippen molar-refractivity contribution in [3.05, 3.63) is 18.2 Å². The molecular formula is C12H22N4. The molecule has 0 spiro atoms. The highest BCUT2D eigenvalue weighted by Crippen LogP contribution is 2.22. The number of hydrogen-bond donors (Lipinski definition) is 1. The Labute approximate surface area is 97.7 Å². The fourth-order valence-corrected chi connectivity index (χ4v) is 2.27. The number of likely N-dealkylation sites (N-methyl/N-ethyl adjacent to an activating group) is 1. The Hall–Kier alpha value is -0.870. The van der Waals surface area contributed by atoms with Crippen molar-refractivity contribution in [3.8, 4) is 0 Å². The maximum atomic E-state index is 4.29. The molecule has 1 fully saturated rings. The van der Waals surface area contributed by atoms with Crippen LogP contribution in [0.3, 0.4) is 0 Å². The number of rotatable bonds is 4. The summed E-state index contributed by atoms with van der Waals surface area (Å²) in [7, 11) is 4.22. The normalized spacial score (nSPS) is 21.6. The lowest BCUT2D eigenvalue weighted by Crippen LogP contribution is -2.30. The highest BCUT2D eigenvalue weighted by atomic mass is 15.1. The fraction of sp³-hybridized carbons (Fsp3) is 0.750. The third kappa shape index (κ3) is 2.83. The lowest BCUT2D eigenvalue weighted by Gasteiger charge is -2.24. The molecule has 0 aromatic carbocycles. The fourth-order valence-electron chi connectivity index (χ4n) is 2.27. The summed E-state index contributed by atoms with van der Waals surface area (Å²) in [6, 6.07) is 0. The highest BCUT2D eigenvalue weighted by molar-refractivity contribution is 5.08. The van der Waals surface area contributed by atoms with E-state index >= 15 is 0 Å². The van der Waals surface area contributed by atoms with E-state index in [-0.39, 0.29) is 0 Å². The third-order valence-corrected chi connectivity index (χ3v) is 3.25. The minimum atomic E-state index is 0.651. The van der Waals surface area contributed by atoms with Gasteiger partial charge in [0.15, 0.2) is 0 Å². The van der Waals surface area contributed by atoms with Gasteiger partial charge in [0.2, 0.25) is 0 Å². The number of nitrogens with one attached hydrogen (secondary N) is 1. The second-order valence-electron chi connectivity index (χ2n) is 4.86. The van der Waals surface area contributed by atoms with Gasteiger partial charge in [-0.05, 0) is 33.5 Å². The van der Waals surface area contributed by atoms with Gasteiger partial charge in [-0.3, -0.25) is 0 Å². The molecule has 1 unspecified atom stereocenters. The predicted octanol–water partition coefficient (Wildman–Crippen LogP) is 0.912. The Balaban J connectivity index is 2.00. The van der Waals surface area contributed by atoms with Gasteiger partial charge in [-0.25, -0.2) is 4.98 Å². The van der Waals surface area contributed by atoms with Crippen LogP contribution in [0.4, 0.5) is 0 Å². The van der Waals surface area contributed by atoms with Crippen molar-refractivity contribution < 1.29 is 0 Å². The summed E-state index contributed by atoms with van der Waals surface area (Å²) in [6.07, 6.45) is 6.57. The van der Waals surface area contributed by atoms with Crippen LogP contribution in [0, 0.1) is 0 Å². The first kappa shape index (κ1) is 11.6. The molecule has 1 saturated heterocycles. The van der Waals surface area contributed by atoms with Crippen molar-refractivity contribution in [2.75, 3.05) is 33.7 Å². The number of nitrogens with zero attached hydrogens (tertiary/aromatic N) is 3. The zero-order valence-corrected chi connectivity index (χ0v) is 10.3. The number of imidazole rings is 1. The van der Waals surface area contributed by atoms with Crippen LogP contribution in [-0.4, -0.2) is 48.2 Å². The van der Waals surface area contributed by atoms with Crippen LogP contribution in [0.2, 0.25) is 0 Å². The average molecular weight is 222 g/mol. The maximum absolute atomic E-state index is 4.29. The van der Waals surface area contributed by atoms with Crippen molar-refractivity contribution in [1.29, 1.82) is 0 Å². The second-order valence-corrected chi connectivity index (χ2v) is 4.86. The van der Waals surface area contributed by atoms with Crippen molar-refractivity contribution in [3.63, 3.8) is 0 Å². The molecular weight excluding hydrogens is 200 g/mol. The Kier molecular flexibility index (Phi) is 3.96. The second kappa shape index (κ2) is 5.46. The summed E-state index contributed by atoms with van der Waals surface area (Å²) in [4.78, 5) is 6.50. The van der Waals surface area contributed by atoms with E-state index in [4.69, 9.17) is 0 Å². The lowest BCUT2D eigenvalue weighted by molar-refractivity contribution is 0.372. The van der Waals surface area contributed by atoms with E-state index in [1.807, 2.05) is 12.5 Å². The standard InChI is InChI=1S/C12H22N4/c1-15(2)6-7-16-10-14-9-12(16)11-4-3-5-13-8-11/h9-11,13H,3-8H2,1-2H3. The van der Waals surface area contributed by atoms with Crippen LogP contribution in [-0.2, 0) is 6.54 Å².